The Bertz CT molecular complexity index is 710. The Morgan fingerprint density at radius 1 is 1.50 bits per heavy atom. The number of carbonyl (C=O) groups is 1. The van der Waals surface area contributed by atoms with Crippen molar-refractivity contribution >= 4 is 22.8 Å². The minimum atomic E-state index is -0.0707. The maximum atomic E-state index is 11.7. The molecular formula is C15H18N6O. The molecule has 1 fully saturated rings. The van der Waals surface area contributed by atoms with Gasteiger partial charge in [0.05, 0.1) is 11.5 Å². The average Bonchev–Trinajstić information content (AvgIpc) is 3.03. The fourth-order valence-corrected chi connectivity index (χ4v) is 2.99. The molecule has 7 heteroatoms. The lowest BCUT2D eigenvalue weighted by atomic mass is 10.0. The lowest BCUT2D eigenvalue weighted by molar-refractivity contribution is -0.131. The van der Waals surface area contributed by atoms with Crippen LogP contribution in [-0.2, 0) is 4.79 Å². The molecule has 2 aromatic heterocycles. The molecular weight excluding hydrogens is 280 g/mol. The van der Waals surface area contributed by atoms with Gasteiger partial charge in [0, 0.05) is 32.4 Å². The van der Waals surface area contributed by atoms with E-state index in [9.17, 15) is 4.79 Å². The highest BCUT2D eigenvalue weighted by atomic mass is 16.2. The van der Waals surface area contributed by atoms with E-state index in [1.54, 1.807) is 11.2 Å². The molecule has 2 aromatic rings. The first-order valence-corrected chi connectivity index (χ1v) is 7.36. The Balaban J connectivity index is 1.70. The van der Waals surface area contributed by atoms with E-state index in [-0.39, 0.29) is 12.3 Å². The fraction of sp³-hybridized carbons (Fsp3) is 0.467. The number of nitrogens with one attached hydrogen (secondary N) is 1. The molecule has 0 bridgehead atoms. The van der Waals surface area contributed by atoms with Crippen LogP contribution < -0.4 is 4.90 Å². The summed E-state index contributed by atoms with van der Waals surface area (Å²) >= 11 is 0. The number of aromatic amines is 1. The number of likely N-dealkylation sites (tertiary alicyclic amines) is 1. The summed E-state index contributed by atoms with van der Waals surface area (Å²) in [5, 5.41) is 9.62. The lowest BCUT2D eigenvalue weighted by Crippen LogP contribution is -2.45. The summed E-state index contributed by atoms with van der Waals surface area (Å²) in [6, 6.07) is 4.23. The van der Waals surface area contributed by atoms with Crippen LogP contribution in [0.15, 0.2) is 18.6 Å². The summed E-state index contributed by atoms with van der Waals surface area (Å²) in [5.74, 6) is 0.840. The monoisotopic (exact) mass is 298 g/mol. The van der Waals surface area contributed by atoms with Crippen LogP contribution in [0.1, 0.15) is 19.3 Å². The van der Waals surface area contributed by atoms with E-state index in [0.717, 1.165) is 29.7 Å². The molecule has 7 nitrogen and oxygen atoms in total. The Kier molecular flexibility index (Phi) is 3.92. The Labute approximate surface area is 128 Å². The van der Waals surface area contributed by atoms with Crippen molar-refractivity contribution < 1.29 is 4.79 Å². The summed E-state index contributed by atoms with van der Waals surface area (Å²) in [4.78, 5) is 27.4. The molecule has 1 aliphatic heterocycles. The maximum absolute atomic E-state index is 11.7. The third-order valence-corrected chi connectivity index (χ3v) is 4.26. The standard InChI is InChI=1S/C15H18N6O/c1-20(15-12-3-7-17-14(12)18-10-19-15)11-4-8-21(9-5-11)13(22)2-6-16/h3,7,10-11H,2,4-5,8-9H2,1H3,(H,17,18,19). The lowest BCUT2D eigenvalue weighted by Gasteiger charge is -2.37. The van der Waals surface area contributed by atoms with Crippen LogP contribution in [0.25, 0.3) is 11.0 Å². The molecule has 0 spiro atoms. The molecule has 0 aliphatic carbocycles. The summed E-state index contributed by atoms with van der Waals surface area (Å²) in [7, 11) is 2.03. The van der Waals surface area contributed by atoms with Crippen LogP contribution in [0.4, 0.5) is 5.82 Å². The molecule has 0 unspecified atom stereocenters. The molecule has 1 aliphatic rings. The topological polar surface area (TPSA) is 88.9 Å². The zero-order valence-electron chi connectivity index (χ0n) is 12.5. The van der Waals surface area contributed by atoms with E-state index in [1.807, 2.05) is 25.4 Å². The Hall–Kier alpha value is -2.62. The smallest absolute Gasteiger partial charge is 0.236 e. The van der Waals surface area contributed by atoms with Crippen molar-refractivity contribution in [1.29, 1.82) is 5.26 Å². The Morgan fingerprint density at radius 3 is 3.00 bits per heavy atom. The molecule has 1 N–H and O–H groups in total. The predicted molar refractivity (Wildman–Crippen MR) is 82.1 cm³/mol. The number of nitrogens with zero attached hydrogens (tertiary/aromatic N) is 5. The van der Waals surface area contributed by atoms with Crippen molar-refractivity contribution in [2.75, 3.05) is 25.0 Å². The number of hydrogen-bond acceptors (Lipinski definition) is 5. The van der Waals surface area contributed by atoms with E-state index < -0.39 is 0 Å². The summed E-state index contributed by atoms with van der Waals surface area (Å²) < 4.78 is 0. The molecule has 0 aromatic carbocycles. The van der Waals surface area contributed by atoms with Gasteiger partial charge in [-0.3, -0.25) is 4.79 Å². The molecule has 114 valence electrons. The van der Waals surface area contributed by atoms with Gasteiger partial charge in [-0.2, -0.15) is 5.26 Å². The summed E-state index contributed by atoms with van der Waals surface area (Å²) in [6.07, 6.45) is 5.15. The molecule has 1 amide bonds. The van der Waals surface area contributed by atoms with Crippen LogP contribution in [0, 0.1) is 11.3 Å². The average molecular weight is 298 g/mol. The zero-order chi connectivity index (χ0) is 15.5. The predicted octanol–water partition coefficient (Wildman–Crippen LogP) is 1.30. The second-order valence-corrected chi connectivity index (χ2v) is 5.49. The second-order valence-electron chi connectivity index (χ2n) is 5.49. The minimum absolute atomic E-state index is 0.0314. The first-order chi connectivity index (χ1) is 10.7. The molecule has 0 saturated carbocycles. The van der Waals surface area contributed by atoms with Crippen LogP contribution in [0.5, 0.6) is 0 Å². The number of carbonyl (C=O) groups excluding carboxylic acids is 1. The molecule has 3 rings (SSSR count). The van der Waals surface area contributed by atoms with Crippen LogP contribution in [0.2, 0.25) is 0 Å². The van der Waals surface area contributed by atoms with Crippen molar-refractivity contribution in [3.8, 4) is 6.07 Å². The number of amides is 1. The maximum Gasteiger partial charge on any atom is 0.236 e. The first kappa shape index (κ1) is 14.3. The van der Waals surface area contributed by atoms with Gasteiger partial charge in [-0.1, -0.05) is 0 Å². The normalized spacial score (nSPS) is 15.7. The van der Waals surface area contributed by atoms with Crippen LogP contribution >= 0.6 is 0 Å². The van der Waals surface area contributed by atoms with Gasteiger partial charge >= 0.3 is 0 Å². The van der Waals surface area contributed by atoms with Crippen molar-refractivity contribution in [2.45, 2.75) is 25.3 Å². The number of rotatable bonds is 3. The second kappa shape index (κ2) is 6.02. The van der Waals surface area contributed by atoms with Crippen LogP contribution in [0.3, 0.4) is 0 Å². The van der Waals surface area contributed by atoms with Crippen molar-refractivity contribution in [3.63, 3.8) is 0 Å². The van der Waals surface area contributed by atoms with Gasteiger partial charge in [0.15, 0.2) is 0 Å². The molecule has 3 heterocycles. The van der Waals surface area contributed by atoms with E-state index >= 15 is 0 Å². The van der Waals surface area contributed by atoms with E-state index in [2.05, 4.69) is 19.9 Å². The highest BCUT2D eigenvalue weighted by Crippen LogP contribution is 2.26. The van der Waals surface area contributed by atoms with Gasteiger partial charge in [0.1, 0.15) is 24.2 Å². The number of piperidine rings is 1. The van der Waals surface area contributed by atoms with Gasteiger partial charge in [-0.05, 0) is 18.9 Å². The third kappa shape index (κ3) is 2.60. The number of hydrogen-bond donors (Lipinski definition) is 1. The third-order valence-electron chi connectivity index (χ3n) is 4.26. The first-order valence-electron chi connectivity index (χ1n) is 7.36. The van der Waals surface area contributed by atoms with Crippen molar-refractivity contribution in [2.24, 2.45) is 0 Å². The van der Waals surface area contributed by atoms with E-state index in [4.69, 9.17) is 5.26 Å². The quantitative estimate of drug-likeness (QED) is 0.922. The van der Waals surface area contributed by atoms with Gasteiger partial charge in [0.2, 0.25) is 5.91 Å². The van der Waals surface area contributed by atoms with E-state index in [1.165, 1.54) is 0 Å². The highest BCUT2D eigenvalue weighted by Gasteiger charge is 2.26. The van der Waals surface area contributed by atoms with Gasteiger partial charge in [-0.25, -0.2) is 9.97 Å². The largest absolute Gasteiger partial charge is 0.356 e. The molecule has 22 heavy (non-hydrogen) atoms. The zero-order valence-corrected chi connectivity index (χ0v) is 12.5. The van der Waals surface area contributed by atoms with Crippen LogP contribution in [-0.4, -0.2) is 51.9 Å². The Morgan fingerprint density at radius 2 is 2.27 bits per heavy atom. The van der Waals surface area contributed by atoms with Gasteiger partial charge in [-0.15, -0.1) is 0 Å². The SMILES string of the molecule is CN(c1ncnc2[nH]ccc12)C1CCN(C(=O)CC#N)CC1. The molecule has 0 atom stereocenters. The summed E-state index contributed by atoms with van der Waals surface area (Å²) in [5.41, 5.74) is 0.832. The molecule has 0 radical (unpaired) electrons. The number of fused-ring (bicyclic) bond motifs is 1. The number of aromatic nitrogens is 3. The fourth-order valence-electron chi connectivity index (χ4n) is 2.99. The number of anilines is 1. The van der Waals surface area contributed by atoms with Crippen molar-refractivity contribution in [3.05, 3.63) is 18.6 Å². The highest BCUT2D eigenvalue weighted by molar-refractivity contribution is 5.87. The van der Waals surface area contributed by atoms with Gasteiger partial charge < -0.3 is 14.8 Å². The van der Waals surface area contributed by atoms with Crippen molar-refractivity contribution in [1.82, 2.24) is 19.9 Å². The van der Waals surface area contributed by atoms with Gasteiger partial charge in [0.25, 0.3) is 0 Å². The summed E-state index contributed by atoms with van der Waals surface area (Å²) in [6.45, 7) is 1.38. The number of H-pyrrole nitrogens is 1. The molecule has 1 saturated heterocycles. The minimum Gasteiger partial charge on any atom is -0.356 e. The number of nitriles is 1. The van der Waals surface area contributed by atoms with E-state index in [0.29, 0.717) is 19.1 Å².